The molecule has 5 nitrogen and oxygen atoms in total. The molecular weight excluding hydrogens is 264 g/mol. The van der Waals surface area contributed by atoms with Gasteiger partial charge in [0.15, 0.2) is 5.84 Å². The molecule has 0 fully saturated rings. The third kappa shape index (κ3) is 2.26. The van der Waals surface area contributed by atoms with Crippen LogP contribution in [0.3, 0.4) is 0 Å². The van der Waals surface area contributed by atoms with Crippen molar-refractivity contribution in [3.05, 3.63) is 48.2 Å². The van der Waals surface area contributed by atoms with Gasteiger partial charge >= 0.3 is 0 Å². The van der Waals surface area contributed by atoms with Crippen LogP contribution in [0.5, 0.6) is 5.75 Å². The zero-order valence-electron chi connectivity index (χ0n) is 10.0. The molecule has 0 aliphatic carbocycles. The number of nitrogens with zero attached hydrogens (tertiary/aromatic N) is 2. The third-order valence-electron chi connectivity index (χ3n) is 3.04. The zero-order valence-corrected chi connectivity index (χ0v) is 10.8. The highest BCUT2D eigenvalue weighted by Crippen LogP contribution is 2.26. The Morgan fingerprint density at radius 3 is 2.68 bits per heavy atom. The number of phenols is 1. The molecule has 2 aliphatic heterocycles. The van der Waals surface area contributed by atoms with Crippen LogP contribution in [0.1, 0.15) is 5.56 Å². The number of hydrogen-bond acceptors (Lipinski definition) is 4. The van der Waals surface area contributed by atoms with E-state index in [9.17, 15) is 13.5 Å². The highest BCUT2D eigenvalue weighted by atomic mass is 32.2. The molecule has 0 spiro atoms. The summed E-state index contributed by atoms with van der Waals surface area (Å²) in [6.45, 7) is 0.410. The molecule has 0 aromatic heterocycles. The molecule has 0 bridgehead atoms. The van der Waals surface area contributed by atoms with Crippen LogP contribution in [0, 0.1) is 0 Å². The lowest BCUT2D eigenvalue weighted by Gasteiger charge is -2.29. The average molecular weight is 276 g/mol. The van der Waals surface area contributed by atoms with Crippen LogP contribution in [0.2, 0.25) is 0 Å². The first-order chi connectivity index (χ1) is 9.05. The second kappa shape index (κ2) is 4.24. The highest BCUT2D eigenvalue weighted by Gasteiger charge is 2.27. The van der Waals surface area contributed by atoms with Crippen LogP contribution in [-0.4, -0.2) is 36.6 Å². The molecule has 2 aliphatic rings. The number of aromatic hydroxyl groups is 1. The van der Waals surface area contributed by atoms with Crippen molar-refractivity contribution in [2.45, 2.75) is 0 Å². The van der Waals surface area contributed by atoms with Crippen molar-refractivity contribution in [3.8, 4) is 5.75 Å². The second-order valence-corrected chi connectivity index (χ2v) is 6.12. The van der Waals surface area contributed by atoms with Gasteiger partial charge in [-0.3, -0.25) is 0 Å². The summed E-state index contributed by atoms with van der Waals surface area (Å²) in [6.07, 6.45) is 5.50. The maximum Gasteiger partial charge on any atom is 0.256 e. The van der Waals surface area contributed by atoms with Crippen molar-refractivity contribution in [1.29, 1.82) is 0 Å². The molecule has 19 heavy (non-hydrogen) atoms. The van der Waals surface area contributed by atoms with Gasteiger partial charge in [-0.2, -0.15) is 0 Å². The van der Waals surface area contributed by atoms with Gasteiger partial charge in [-0.15, -0.1) is 4.40 Å². The highest BCUT2D eigenvalue weighted by molar-refractivity contribution is 7.90. The number of phenolic OH excluding ortho intramolecular Hbond substituents is 1. The molecule has 98 valence electrons. The van der Waals surface area contributed by atoms with Crippen molar-refractivity contribution in [1.82, 2.24) is 4.90 Å². The lowest BCUT2D eigenvalue weighted by molar-refractivity contribution is 0.475. The molecule has 0 atom stereocenters. The molecule has 6 heteroatoms. The van der Waals surface area contributed by atoms with Crippen molar-refractivity contribution < 1.29 is 13.5 Å². The summed E-state index contributed by atoms with van der Waals surface area (Å²) in [7, 11) is -3.38. The minimum Gasteiger partial charge on any atom is -0.508 e. The van der Waals surface area contributed by atoms with Gasteiger partial charge in [0, 0.05) is 18.3 Å². The Hall–Kier alpha value is -2.08. The minimum absolute atomic E-state index is 0.0314. The minimum atomic E-state index is -3.38. The Bertz CT molecular complexity index is 700. The Labute approximate surface area is 111 Å². The Morgan fingerprint density at radius 1 is 1.21 bits per heavy atom. The standard InChI is InChI=1S/C13H12N2O3S/c16-11-5-3-10(4-6-11)12-2-1-7-15-8-9-19(17,18)14-13(12)15/h1-7,16H,8-9H2. The van der Waals surface area contributed by atoms with E-state index < -0.39 is 10.0 Å². The van der Waals surface area contributed by atoms with E-state index in [-0.39, 0.29) is 11.5 Å². The van der Waals surface area contributed by atoms with Crippen molar-refractivity contribution >= 4 is 21.4 Å². The normalized spacial score (nSPS) is 20.5. The monoisotopic (exact) mass is 276 g/mol. The van der Waals surface area contributed by atoms with E-state index in [4.69, 9.17) is 0 Å². The van der Waals surface area contributed by atoms with Crippen LogP contribution in [0.25, 0.3) is 5.57 Å². The van der Waals surface area contributed by atoms with Crippen molar-refractivity contribution in [2.24, 2.45) is 4.40 Å². The van der Waals surface area contributed by atoms with Crippen LogP contribution >= 0.6 is 0 Å². The van der Waals surface area contributed by atoms with Gasteiger partial charge in [-0.1, -0.05) is 12.1 Å². The molecule has 0 radical (unpaired) electrons. The number of amidine groups is 1. The van der Waals surface area contributed by atoms with E-state index in [1.165, 1.54) is 0 Å². The van der Waals surface area contributed by atoms with Gasteiger partial charge in [-0.25, -0.2) is 8.42 Å². The van der Waals surface area contributed by atoms with E-state index in [1.807, 2.05) is 23.3 Å². The number of fused-ring (bicyclic) bond motifs is 1. The molecule has 3 rings (SSSR count). The Kier molecular flexibility index (Phi) is 2.67. The van der Waals surface area contributed by atoms with E-state index >= 15 is 0 Å². The van der Waals surface area contributed by atoms with E-state index in [1.54, 1.807) is 24.3 Å². The molecule has 0 saturated heterocycles. The summed E-state index contributed by atoms with van der Waals surface area (Å²) >= 11 is 0. The SMILES string of the molecule is O=S1(=O)CCN2C=CC=C(c3ccc(O)cc3)C2=N1. The number of benzene rings is 1. The third-order valence-corrected chi connectivity index (χ3v) is 4.19. The van der Waals surface area contributed by atoms with Crippen molar-refractivity contribution in [3.63, 3.8) is 0 Å². The number of sulfonamides is 1. The van der Waals surface area contributed by atoms with Crippen LogP contribution in [-0.2, 0) is 10.0 Å². The fourth-order valence-corrected chi connectivity index (χ4v) is 3.07. The topological polar surface area (TPSA) is 70.0 Å². The molecule has 0 amide bonds. The van der Waals surface area contributed by atoms with Crippen LogP contribution in [0.15, 0.2) is 47.0 Å². The van der Waals surface area contributed by atoms with Gasteiger partial charge in [0.1, 0.15) is 5.75 Å². The maximum atomic E-state index is 11.6. The fraction of sp³-hybridized carbons (Fsp3) is 0.154. The molecule has 2 heterocycles. The number of rotatable bonds is 1. The summed E-state index contributed by atoms with van der Waals surface area (Å²) in [5, 5.41) is 9.30. The van der Waals surface area contributed by atoms with Crippen LogP contribution < -0.4 is 0 Å². The second-order valence-electron chi connectivity index (χ2n) is 4.36. The molecule has 1 N–H and O–H groups in total. The average Bonchev–Trinajstić information content (AvgIpc) is 2.38. The lowest BCUT2D eigenvalue weighted by Crippen LogP contribution is -2.37. The predicted octanol–water partition coefficient (Wildman–Crippen LogP) is 1.35. The van der Waals surface area contributed by atoms with E-state index in [0.717, 1.165) is 11.1 Å². The summed E-state index contributed by atoms with van der Waals surface area (Å²) < 4.78 is 27.1. The maximum absolute atomic E-state index is 11.6. The van der Waals surface area contributed by atoms with Crippen molar-refractivity contribution in [2.75, 3.05) is 12.3 Å². The molecule has 1 aromatic carbocycles. The number of allylic oxidation sites excluding steroid dienone is 2. The number of hydrogen-bond donors (Lipinski definition) is 1. The zero-order chi connectivity index (χ0) is 13.5. The molecule has 0 saturated carbocycles. The summed E-state index contributed by atoms with van der Waals surface area (Å²) in [6, 6.07) is 6.61. The summed E-state index contributed by atoms with van der Waals surface area (Å²) in [5.74, 6) is 0.647. The smallest absolute Gasteiger partial charge is 0.256 e. The molecule has 1 aromatic rings. The molecular formula is C13H12N2O3S. The lowest BCUT2D eigenvalue weighted by atomic mass is 10.0. The Balaban J connectivity index is 2.10. The van der Waals surface area contributed by atoms with Gasteiger partial charge in [-0.05, 0) is 29.8 Å². The quantitative estimate of drug-likeness (QED) is 0.840. The first kappa shape index (κ1) is 12.0. The van der Waals surface area contributed by atoms with E-state index in [0.29, 0.717) is 12.4 Å². The van der Waals surface area contributed by atoms with Gasteiger partial charge in [0.25, 0.3) is 10.0 Å². The van der Waals surface area contributed by atoms with Gasteiger partial charge in [0.2, 0.25) is 0 Å². The Morgan fingerprint density at radius 2 is 1.95 bits per heavy atom. The fourth-order valence-electron chi connectivity index (χ4n) is 2.08. The first-order valence-corrected chi connectivity index (χ1v) is 7.44. The first-order valence-electron chi connectivity index (χ1n) is 5.83. The largest absolute Gasteiger partial charge is 0.508 e. The predicted molar refractivity (Wildman–Crippen MR) is 73.2 cm³/mol. The van der Waals surface area contributed by atoms with Gasteiger partial charge in [0.05, 0.1) is 5.75 Å². The summed E-state index contributed by atoms with van der Waals surface area (Å²) in [5.41, 5.74) is 1.56. The summed E-state index contributed by atoms with van der Waals surface area (Å²) in [4.78, 5) is 1.82. The van der Waals surface area contributed by atoms with Gasteiger partial charge < -0.3 is 10.0 Å². The molecule has 0 unspecified atom stereocenters. The van der Waals surface area contributed by atoms with Crippen LogP contribution in [0.4, 0.5) is 0 Å². The van der Waals surface area contributed by atoms with E-state index in [2.05, 4.69) is 4.40 Å².